The minimum atomic E-state index is -0.325. The number of rotatable bonds is 3. The van der Waals surface area contributed by atoms with Gasteiger partial charge in [0.2, 0.25) is 0 Å². The summed E-state index contributed by atoms with van der Waals surface area (Å²) in [6.45, 7) is 2.14. The molecule has 0 spiro atoms. The van der Waals surface area contributed by atoms with Gasteiger partial charge in [0.05, 0.1) is 5.29 Å². The largest absolute Gasteiger partial charge is 0.724 e. The second kappa shape index (κ2) is 5.39. The molecule has 0 aromatic heterocycles. The van der Waals surface area contributed by atoms with Crippen molar-refractivity contribution >= 4 is 5.91 Å². The molecule has 2 fully saturated rings. The van der Waals surface area contributed by atoms with Crippen molar-refractivity contribution in [2.24, 2.45) is 5.29 Å². The molecule has 0 aliphatic carbocycles. The molecule has 8 nitrogen and oxygen atoms in total. The van der Waals surface area contributed by atoms with Gasteiger partial charge in [-0.1, -0.05) is 0 Å². The SMILES string of the molecule is O=NN([O-])N1CCN(C(=O)C2CCCO2)CC1. The first-order chi connectivity index (χ1) is 8.22. The predicted molar refractivity (Wildman–Crippen MR) is 58.1 cm³/mol. The fraction of sp³-hybridized carbons (Fsp3) is 0.889. The molecule has 0 aromatic rings. The first kappa shape index (κ1) is 12.2. The Hall–Kier alpha value is -1.25. The summed E-state index contributed by atoms with van der Waals surface area (Å²) in [5, 5.41) is 14.5. The van der Waals surface area contributed by atoms with E-state index in [2.05, 4.69) is 5.29 Å². The lowest BCUT2D eigenvalue weighted by Crippen LogP contribution is -2.54. The van der Waals surface area contributed by atoms with E-state index in [4.69, 9.17) is 4.74 Å². The first-order valence-electron chi connectivity index (χ1n) is 5.68. The van der Waals surface area contributed by atoms with E-state index in [1.54, 1.807) is 4.90 Å². The molecule has 1 atom stereocenters. The first-order valence-corrected chi connectivity index (χ1v) is 5.68. The fourth-order valence-electron chi connectivity index (χ4n) is 2.12. The Bertz CT molecular complexity index is 287. The van der Waals surface area contributed by atoms with Crippen molar-refractivity contribution in [2.75, 3.05) is 32.8 Å². The average Bonchev–Trinajstić information content (AvgIpc) is 2.91. The lowest BCUT2D eigenvalue weighted by Gasteiger charge is -2.41. The molecule has 2 aliphatic rings. The number of hydrazine groups is 1. The number of amides is 1. The molecule has 1 unspecified atom stereocenters. The van der Waals surface area contributed by atoms with Crippen molar-refractivity contribution in [2.45, 2.75) is 18.9 Å². The van der Waals surface area contributed by atoms with Crippen molar-refractivity contribution in [1.29, 1.82) is 0 Å². The summed E-state index contributed by atoms with van der Waals surface area (Å²) >= 11 is 0. The zero-order valence-corrected chi connectivity index (χ0v) is 9.45. The molecule has 1 amide bonds. The smallest absolute Gasteiger partial charge is 0.251 e. The number of nitrogens with zero attached hydrogens (tertiary/aromatic N) is 4. The number of ether oxygens (including phenoxy) is 1. The van der Waals surface area contributed by atoms with Gasteiger partial charge in [-0.05, 0) is 12.8 Å². The number of piperazine rings is 1. The van der Waals surface area contributed by atoms with Crippen molar-refractivity contribution in [3.8, 4) is 0 Å². The van der Waals surface area contributed by atoms with Crippen LogP contribution in [0.4, 0.5) is 0 Å². The molecule has 8 heteroatoms. The number of carbonyl (C=O) groups excluding carboxylic acids is 1. The van der Waals surface area contributed by atoms with E-state index >= 15 is 0 Å². The summed E-state index contributed by atoms with van der Waals surface area (Å²) in [6.07, 6.45) is 1.36. The van der Waals surface area contributed by atoms with E-state index in [0.29, 0.717) is 32.8 Å². The molecule has 17 heavy (non-hydrogen) atoms. The standard InChI is InChI=1S/C9H15N4O4/c14-9(8-2-1-7-17-8)11-3-5-12(6-4-11)13(16)10-15/h8H,1-7H2/q-1. The molecule has 2 saturated heterocycles. The summed E-state index contributed by atoms with van der Waals surface area (Å²) in [7, 11) is 0. The highest BCUT2D eigenvalue weighted by atomic mass is 16.6. The Morgan fingerprint density at radius 3 is 2.59 bits per heavy atom. The van der Waals surface area contributed by atoms with Crippen molar-refractivity contribution in [1.82, 2.24) is 15.2 Å². The number of hydrogen-bond donors (Lipinski definition) is 0. The summed E-state index contributed by atoms with van der Waals surface area (Å²) < 4.78 is 5.32. The minimum Gasteiger partial charge on any atom is -0.724 e. The van der Waals surface area contributed by atoms with E-state index in [-0.39, 0.29) is 17.3 Å². The van der Waals surface area contributed by atoms with Gasteiger partial charge in [0.1, 0.15) is 6.10 Å². The molecule has 96 valence electrons. The van der Waals surface area contributed by atoms with Crippen molar-refractivity contribution < 1.29 is 9.53 Å². The maximum absolute atomic E-state index is 12.0. The lowest BCUT2D eigenvalue weighted by molar-refractivity contribution is -0.145. The summed E-state index contributed by atoms with van der Waals surface area (Å²) in [5.41, 5.74) is 0. The van der Waals surface area contributed by atoms with Gasteiger partial charge in [0, 0.05) is 32.8 Å². The Morgan fingerprint density at radius 2 is 2.06 bits per heavy atom. The third kappa shape index (κ3) is 2.71. The molecule has 0 N–H and O–H groups in total. The van der Waals surface area contributed by atoms with Crippen LogP contribution in [0, 0.1) is 10.1 Å². The zero-order chi connectivity index (χ0) is 12.3. The predicted octanol–water partition coefficient (Wildman–Crippen LogP) is -0.294. The highest BCUT2D eigenvalue weighted by Crippen LogP contribution is 2.16. The molecule has 2 heterocycles. The maximum atomic E-state index is 12.0. The van der Waals surface area contributed by atoms with Gasteiger partial charge in [-0.2, -0.15) is 0 Å². The molecule has 0 saturated carbocycles. The second-order valence-corrected chi connectivity index (χ2v) is 4.12. The molecule has 2 rings (SSSR count). The van der Waals surface area contributed by atoms with Crippen LogP contribution in [0.3, 0.4) is 0 Å². The van der Waals surface area contributed by atoms with Crippen molar-refractivity contribution in [3.63, 3.8) is 0 Å². The van der Waals surface area contributed by atoms with E-state index in [0.717, 1.165) is 12.8 Å². The third-order valence-electron chi connectivity index (χ3n) is 3.08. The van der Waals surface area contributed by atoms with Gasteiger partial charge in [0.25, 0.3) is 5.91 Å². The molecular weight excluding hydrogens is 228 g/mol. The number of hydrogen-bond acceptors (Lipinski definition) is 6. The van der Waals surface area contributed by atoms with Crippen LogP contribution in [0.2, 0.25) is 0 Å². The Morgan fingerprint density at radius 1 is 1.35 bits per heavy atom. The highest BCUT2D eigenvalue weighted by Gasteiger charge is 2.30. The molecular formula is C9H15N4O4-. The van der Waals surface area contributed by atoms with Crippen LogP contribution in [-0.4, -0.2) is 60.0 Å². The lowest BCUT2D eigenvalue weighted by atomic mass is 10.2. The highest BCUT2D eigenvalue weighted by molar-refractivity contribution is 5.81. The Kier molecular flexibility index (Phi) is 3.87. The number of nitroso groups, excluding NO2 is 1. The van der Waals surface area contributed by atoms with E-state index in [9.17, 15) is 14.9 Å². The van der Waals surface area contributed by atoms with Gasteiger partial charge >= 0.3 is 0 Å². The van der Waals surface area contributed by atoms with Gasteiger partial charge in [0.15, 0.2) is 0 Å². The molecule has 0 bridgehead atoms. The van der Waals surface area contributed by atoms with Gasteiger partial charge in [-0.3, -0.25) is 10.1 Å². The monoisotopic (exact) mass is 243 g/mol. The summed E-state index contributed by atoms with van der Waals surface area (Å²) in [6, 6.07) is 0. The van der Waals surface area contributed by atoms with Gasteiger partial charge in [-0.25, -0.2) is 5.01 Å². The van der Waals surface area contributed by atoms with E-state index < -0.39 is 0 Å². The Balaban J connectivity index is 1.82. The van der Waals surface area contributed by atoms with E-state index in [1.807, 2.05) is 0 Å². The minimum absolute atomic E-state index is 0.0151. The summed E-state index contributed by atoms with van der Waals surface area (Å²) in [5.74, 6) is -0.0151. The van der Waals surface area contributed by atoms with Crippen LogP contribution in [0.25, 0.3) is 0 Å². The van der Waals surface area contributed by atoms with Crippen molar-refractivity contribution in [3.05, 3.63) is 10.1 Å². The Labute approximate surface area is 98.6 Å². The van der Waals surface area contributed by atoms with Crippen LogP contribution < -0.4 is 0 Å². The zero-order valence-electron chi connectivity index (χ0n) is 9.45. The normalized spacial score (nSPS) is 25.9. The third-order valence-corrected chi connectivity index (χ3v) is 3.08. The number of carbonyl (C=O) groups is 1. The van der Waals surface area contributed by atoms with Crippen LogP contribution in [-0.2, 0) is 9.53 Å². The second-order valence-electron chi connectivity index (χ2n) is 4.12. The van der Waals surface area contributed by atoms with Crippen LogP contribution in [0.1, 0.15) is 12.8 Å². The maximum Gasteiger partial charge on any atom is 0.251 e. The van der Waals surface area contributed by atoms with E-state index in [1.165, 1.54) is 5.01 Å². The van der Waals surface area contributed by atoms with Gasteiger partial charge < -0.3 is 14.8 Å². The van der Waals surface area contributed by atoms with Crippen LogP contribution in [0.15, 0.2) is 5.29 Å². The quantitative estimate of drug-likeness (QED) is 0.499. The van der Waals surface area contributed by atoms with Crippen LogP contribution in [0.5, 0.6) is 0 Å². The molecule has 0 radical (unpaired) electrons. The summed E-state index contributed by atoms with van der Waals surface area (Å²) in [4.78, 5) is 23.7. The average molecular weight is 243 g/mol. The fourth-order valence-corrected chi connectivity index (χ4v) is 2.12. The van der Waals surface area contributed by atoms with Gasteiger partial charge in [-0.15, -0.1) is 4.91 Å². The molecule has 0 aromatic carbocycles. The molecule has 2 aliphatic heterocycles. The van der Waals surface area contributed by atoms with Crippen LogP contribution >= 0.6 is 0 Å². The topological polar surface area (TPSA) is 88.5 Å².